The number of halogens is 2. The average molecular weight is 308 g/mol. The van der Waals surface area contributed by atoms with Crippen LogP contribution in [0.5, 0.6) is 0 Å². The summed E-state index contributed by atoms with van der Waals surface area (Å²) in [6.07, 6.45) is 0.454. The first-order valence-electron chi connectivity index (χ1n) is 6.51. The van der Waals surface area contributed by atoms with Crippen LogP contribution in [0, 0.1) is 5.82 Å². The zero-order valence-electron chi connectivity index (χ0n) is 11.2. The molecule has 0 aliphatic rings. The number of hydrogen-bond donors (Lipinski definition) is 2. The summed E-state index contributed by atoms with van der Waals surface area (Å²) in [7, 11) is 0. The molecule has 2 N–H and O–H groups in total. The van der Waals surface area contributed by atoms with Gasteiger partial charge in [-0.25, -0.2) is 4.39 Å². The minimum Gasteiger partial charge on any atom is -0.394 e. The highest BCUT2D eigenvalue weighted by atomic mass is 35.5. The maximum Gasteiger partial charge on any atom is 0.256 e. The molecule has 2 aromatic carbocycles. The Bertz CT molecular complexity index is 599. The van der Waals surface area contributed by atoms with E-state index in [9.17, 15) is 14.3 Å². The number of rotatable bonds is 5. The lowest BCUT2D eigenvalue weighted by atomic mass is 10.1. The standard InChI is InChI=1S/C16H15ClFNO2/c17-13-7-4-8-14(18)15(13)16(21)19-12(10-20)9-11-5-2-1-3-6-11/h1-8,12,20H,9-10H2,(H,19,21)/t12-/m0/s1. The first-order chi connectivity index (χ1) is 10.1. The molecule has 5 heteroatoms. The Morgan fingerprint density at radius 3 is 2.52 bits per heavy atom. The van der Waals surface area contributed by atoms with E-state index in [1.165, 1.54) is 18.2 Å². The Hall–Kier alpha value is -1.91. The molecule has 2 aromatic rings. The van der Waals surface area contributed by atoms with Crippen LogP contribution in [-0.2, 0) is 6.42 Å². The van der Waals surface area contributed by atoms with Crippen LogP contribution in [0.4, 0.5) is 4.39 Å². The van der Waals surface area contributed by atoms with E-state index in [4.69, 9.17) is 11.6 Å². The van der Waals surface area contributed by atoms with Crippen molar-refractivity contribution in [2.75, 3.05) is 6.61 Å². The largest absolute Gasteiger partial charge is 0.394 e. The lowest BCUT2D eigenvalue weighted by molar-refractivity contribution is 0.0912. The number of carbonyl (C=O) groups is 1. The zero-order valence-corrected chi connectivity index (χ0v) is 12.0. The first-order valence-corrected chi connectivity index (χ1v) is 6.89. The number of hydrogen-bond acceptors (Lipinski definition) is 2. The second-order valence-corrected chi connectivity index (χ2v) is 5.05. The number of benzene rings is 2. The third-order valence-electron chi connectivity index (χ3n) is 3.07. The molecule has 0 aliphatic carbocycles. The minimum absolute atomic E-state index is 0.0453. The van der Waals surface area contributed by atoms with Crippen molar-refractivity contribution in [3.05, 3.63) is 70.5 Å². The van der Waals surface area contributed by atoms with Gasteiger partial charge in [0.15, 0.2) is 0 Å². The molecular formula is C16H15ClFNO2. The molecule has 0 saturated carbocycles. The molecule has 0 spiro atoms. The monoisotopic (exact) mass is 307 g/mol. The summed E-state index contributed by atoms with van der Waals surface area (Å²) < 4.78 is 13.7. The molecule has 0 bridgehead atoms. The van der Waals surface area contributed by atoms with Crippen LogP contribution in [0.3, 0.4) is 0 Å². The molecule has 0 radical (unpaired) electrons. The summed E-state index contributed by atoms with van der Waals surface area (Å²) in [5.41, 5.74) is 0.766. The van der Waals surface area contributed by atoms with Gasteiger partial charge in [-0.15, -0.1) is 0 Å². The van der Waals surface area contributed by atoms with Gasteiger partial charge in [0, 0.05) is 0 Å². The zero-order chi connectivity index (χ0) is 15.2. The summed E-state index contributed by atoms with van der Waals surface area (Å²) in [5.74, 6) is -1.32. The highest BCUT2D eigenvalue weighted by Crippen LogP contribution is 2.19. The van der Waals surface area contributed by atoms with Crippen LogP contribution >= 0.6 is 11.6 Å². The molecular weight excluding hydrogens is 293 g/mol. The van der Waals surface area contributed by atoms with Crippen molar-refractivity contribution in [1.29, 1.82) is 0 Å². The minimum atomic E-state index is -0.684. The maximum atomic E-state index is 13.7. The molecule has 3 nitrogen and oxygen atoms in total. The van der Waals surface area contributed by atoms with Gasteiger partial charge in [0.05, 0.1) is 23.2 Å². The van der Waals surface area contributed by atoms with E-state index >= 15 is 0 Å². The van der Waals surface area contributed by atoms with E-state index in [1.54, 1.807) is 0 Å². The summed E-state index contributed by atoms with van der Waals surface area (Å²) in [5, 5.41) is 12.0. The van der Waals surface area contributed by atoms with Gasteiger partial charge >= 0.3 is 0 Å². The van der Waals surface area contributed by atoms with E-state index in [2.05, 4.69) is 5.32 Å². The molecule has 0 fully saturated rings. The second kappa shape index (κ2) is 7.20. The topological polar surface area (TPSA) is 49.3 Å². The van der Waals surface area contributed by atoms with Crippen LogP contribution in [0.15, 0.2) is 48.5 Å². The fourth-order valence-corrected chi connectivity index (χ4v) is 2.28. The smallest absolute Gasteiger partial charge is 0.256 e. The normalized spacial score (nSPS) is 12.0. The summed E-state index contributed by atoms with van der Waals surface area (Å²) in [4.78, 5) is 12.1. The molecule has 110 valence electrons. The van der Waals surface area contributed by atoms with Gasteiger partial charge in [0.25, 0.3) is 5.91 Å². The molecule has 1 amide bonds. The Balaban J connectivity index is 2.10. The van der Waals surface area contributed by atoms with E-state index in [0.717, 1.165) is 5.56 Å². The number of aliphatic hydroxyl groups is 1. The van der Waals surface area contributed by atoms with Gasteiger partial charge in [-0.2, -0.15) is 0 Å². The Morgan fingerprint density at radius 1 is 1.19 bits per heavy atom. The highest BCUT2D eigenvalue weighted by Gasteiger charge is 2.19. The highest BCUT2D eigenvalue weighted by molar-refractivity contribution is 6.33. The lowest BCUT2D eigenvalue weighted by Crippen LogP contribution is -2.39. The second-order valence-electron chi connectivity index (χ2n) is 4.64. The van der Waals surface area contributed by atoms with Crippen molar-refractivity contribution in [3.63, 3.8) is 0 Å². The quantitative estimate of drug-likeness (QED) is 0.892. The van der Waals surface area contributed by atoms with Crippen LogP contribution in [0.25, 0.3) is 0 Å². The van der Waals surface area contributed by atoms with Crippen molar-refractivity contribution < 1.29 is 14.3 Å². The third-order valence-corrected chi connectivity index (χ3v) is 3.39. The molecule has 1 atom stereocenters. The molecule has 0 heterocycles. The van der Waals surface area contributed by atoms with Crippen molar-refractivity contribution in [1.82, 2.24) is 5.32 Å². The van der Waals surface area contributed by atoms with Crippen LogP contribution in [-0.4, -0.2) is 23.7 Å². The number of aliphatic hydroxyl groups excluding tert-OH is 1. The van der Waals surface area contributed by atoms with E-state index in [1.807, 2.05) is 30.3 Å². The Kier molecular flexibility index (Phi) is 5.31. The number of amides is 1. The lowest BCUT2D eigenvalue weighted by Gasteiger charge is -2.17. The van der Waals surface area contributed by atoms with Crippen LogP contribution in [0.1, 0.15) is 15.9 Å². The van der Waals surface area contributed by atoms with Crippen LogP contribution in [0.2, 0.25) is 5.02 Å². The Morgan fingerprint density at radius 2 is 1.90 bits per heavy atom. The molecule has 0 aliphatic heterocycles. The van der Waals surface area contributed by atoms with Gasteiger partial charge in [-0.05, 0) is 24.1 Å². The van der Waals surface area contributed by atoms with Crippen molar-refractivity contribution in [2.45, 2.75) is 12.5 Å². The number of nitrogens with one attached hydrogen (secondary N) is 1. The molecule has 2 rings (SSSR count). The third kappa shape index (κ3) is 4.03. The summed E-state index contributed by atoms with van der Waals surface area (Å²) in [6.45, 7) is -0.243. The van der Waals surface area contributed by atoms with Crippen molar-refractivity contribution >= 4 is 17.5 Å². The molecule has 0 saturated heterocycles. The van der Waals surface area contributed by atoms with Gasteiger partial charge in [0.1, 0.15) is 5.82 Å². The Labute approximate surface area is 127 Å². The van der Waals surface area contributed by atoms with E-state index in [-0.39, 0.29) is 17.2 Å². The summed E-state index contributed by atoms with van der Waals surface area (Å²) >= 11 is 5.85. The molecule has 0 unspecified atom stereocenters. The SMILES string of the molecule is O=C(N[C@H](CO)Cc1ccccc1)c1c(F)cccc1Cl. The average Bonchev–Trinajstić information content (AvgIpc) is 2.47. The maximum absolute atomic E-state index is 13.7. The van der Waals surface area contributed by atoms with Gasteiger partial charge in [0.2, 0.25) is 0 Å². The number of carbonyl (C=O) groups excluding carboxylic acids is 1. The van der Waals surface area contributed by atoms with Gasteiger partial charge in [-0.3, -0.25) is 4.79 Å². The summed E-state index contributed by atoms with van der Waals surface area (Å²) in [6, 6.07) is 13.0. The fourth-order valence-electron chi connectivity index (χ4n) is 2.03. The first kappa shape index (κ1) is 15.5. The van der Waals surface area contributed by atoms with Gasteiger partial charge in [-0.1, -0.05) is 48.0 Å². The predicted molar refractivity (Wildman–Crippen MR) is 79.9 cm³/mol. The predicted octanol–water partition coefficient (Wildman–Crippen LogP) is 2.81. The van der Waals surface area contributed by atoms with Crippen LogP contribution < -0.4 is 5.32 Å². The molecule has 21 heavy (non-hydrogen) atoms. The van der Waals surface area contributed by atoms with Crippen molar-refractivity contribution in [3.8, 4) is 0 Å². The van der Waals surface area contributed by atoms with E-state index in [0.29, 0.717) is 6.42 Å². The van der Waals surface area contributed by atoms with Gasteiger partial charge < -0.3 is 10.4 Å². The fraction of sp³-hybridized carbons (Fsp3) is 0.188. The molecule has 0 aromatic heterocycles. The van der Waals surface area contributed by atoms with E-state index < -0.39 is 17.8 Å². The van der Waals surface area contributed by atoms with Crippen molar-refractivity contribution in [2.24, 2.45) is 0 Å².